The average molecular weight is 452 g/mol. The summed E-state index contributed by atoms with van der Waals surface area (Å²) in [6.07, 6.45) is 0.865. The summed E-state index contributed by atoms with van der Waals surface area (Å²) < 4.78 is 12.3. The summed E-state index contributed by atoms with van der Waals surface area (Å²) in [5, 5.41) is 0.699. The van der Waals surface area contributed by atoms with Gasteiger partial charge in [-0.15, -0.1) is 11.3 Å². The Morgan fingerprint density at radius 2 is 2.10 bits per heavy atom. The van der Waals surface area contributed by atoms with Crippen molar-refractivity contribution in [2.24, 2.45) is 0 Å². The molecule has 3 aromatic rings. The normalized spacial score (nSPS) is 15.0. The number of anilines is 1. The number of amides is 1. The van der Waals surface area contributed by atoms with Gasteiger partial charge >= 0.3 is 0 Å². The molecule has 1 aliphatic rings. The van der Waals surface area contributed by atoms with E-state index < -0.39 is 0 Å². The second kappa shape index (κ2) is 9.40. The average Bonchev–Trinajstić information content (AvgIpc) is 3.37. The van der Waals surface area contributed by atoms with Crippen molar-refractivity contribution in [3.8, 4) is 5.75 Å². The van der Waals surface area contributed by atoms with Gasteiger partial charge in [0.2, 0.25) is 0 Å². The van der Waals surface area contributed by atoms with E-state index in [1.165, 1.54) is 22.7 Å². The molecule has 0 N–H and O–H groups in total. The number of hydrogen-bond acceptors (Lipinski definition) is 7. The predicted molar refractivity (Wildman–Crippen MR) is 119 cm³/mol. The first-order valence-electron chi connectivity index (χ1n) is 9.46. The van der Waals surface area contributed by atoms with Crippen molar-refractivity contribution in [2.75, 3.05) is 51.4 Å². The zero-order valence-electron chi connectivity index (χ0n) is 16.1. The number of methoxy groups -OCH3 is 1. The highest BCUT2D eigenvalue weighted by Gasteiger charge is 2.23. The molecule has 0 unspecified atom stereocenters. The molecular weight excluding hydrogens is 430 g/mol. The van der Waals surface area contributed by atoms with E-state index in [0.717, 1.165) is 55.2 Å². The number of ether oxygens (including phenoxy) is 2. The van der Waals surface area contributed by atoms with Crippen molar-refractivity contribution in [3.63, 3.8) is 0 Å². The van der Waals surface area contributed by atoms with Crippen LogP contribution < -0.4 is 9.64 Å². The highest BCUT2D eigenvalue weighted by atomic mass is 35.5. The molecule has 0 saturated carbocycles. The lowest BCUT2D eigenvalue weighted by Crippen LogP contribution is -2.39. The molecule has 1 amide bonds. The van der Waals surface area contributed by atoms with Gasteiger partial charge in [-0.05, 0) is 36.8 Å². The molecule has 0 aliphatic carbocycles. The van der Waals surface area contributed by atoms with Crippen molar-refractivity contribution >= 4 is 55.5 Å². The lowest BCUT2D eigenvalue weighted by molar-refractivity contribution is 0.0376. The fourth-order valence-electron chi connectivity index (χ4n) is 3.26. The largest absolute Gasteiger partial charge is 0.497 e. The Kier molecular flexibility index (Phi) is 6.67. The number of morpholine rings is 1. The maximum absolute atomic E-state index is 13.2. The maximum Gasteiger partial charge on any atom is 0.270 e. The van der Waals surface area contributed by atoms with Crippen molar-refractivity contribution in [1.82, 2.24) is 9.88 Å². The molecule has 1 aliphatic heterocycles. The first-order chi connectivity index (χ1) is 14.1. The Labute approximate surface area is 182 Å². The topological polar surface area (TPSA) is 54.9 Å². The first-order valence-corrected chi connectivity index (χ1v) is 11.5. The van der Waals surface area contributed by atoms with E-state index in [0.29, 0.717) is 20.9 Å². The minimum Gasteiger partial charge on any atom is -0.497 e. The Balaban J connectivity index is 1.56. The summed E-state index contributed by atoms with van der Waals surface area (Å²) >= 11 is 8.86. The third-order valence-corrected chi connectivity index (χ3v) is 7.06. The fourth-order valence-corrected chi connectivity index (χ4v) is 5.27. The maximum atomic E-state index is 13.2. The van der Waals surface area contributed by atoms with Gasteiger partial charge in [-0.3, -0.25) is 14.6 Å². The van der Waals surface area contributed by atoms with E-state index in [1.54, 1.807) is 24.1 Å². The van der Waals surface area contributed by atoms with E-state index in [2.05, 4.69) is 4.90 Å². The van der Waals surface area contributed by atoms with Crippen LogP contribution in [0.15, 0.2) is 30.3 Å². The number of carbonyl (C=O) groups excluding carboxylic acids is 1. The quantitative estimate of drug-likeness (QED) is 0.533. The molecule has 154 valence electrons. The van der Waals surface area contributed by atoms with Crippen molar-refractivity contribution in [3.05, 3.63) is 39.5 Å². The highest BCUT2D eigenvalue weighted by molar-refractivity contribution is 7.22. The Bertz CT molecular complexity index is 984. The zero-order chi connectivity index (χ0) is 20.2. The second-order valence-electron chi connectivity index (χ2n) is 6.70. The molecule has 4 rings (SSSR count). The van der Waals surface area contributed by atoms with Gasteiger partial charge in [0.05, 0.1) is 39.8 Å². The van der Waals surface area contributed by atoms with E-state index in [-0.39, 0.29) is 5.91 Å². The third kappa shape index (κ3) is 4.90. The van der Waals surface area contributed by atoms with Gasteiger partial charge in [0.25, 0.3) is 5.91 Å². The molecule has 0 atom stereocenters. The highest BCUT2D eigenvalue weighted by Crippen LogP contribution is 2.33. The molecule has 0 radical (unpaired) electrons. The summed E-state index contributed by atoms with van der Waals surface area (Å²) in [7, 11) is 1.64. The number of thiazole rings is 1. The summed E-state index contributed by atoms with van der Waals surface area (Å²) in [6.45, 7) is 4.95. The van der Waals surface area contributed by atoms with E-state index in [9.17, 15) is 4.79 Å². The smallest absolute Gasteiger partial charge is 0.270 e. The van der Waals surface area contributed by atoms with Crippen molar-refractivity contribution in [2.45, 2.75) is 6.42 Å². The van der Waals surface area contributed by atoms with Crippen LogP contribution in [-0.4, -0.2) is 62.3 Å². The van der Waals surface area contributed by atoms with E-state index in [1.807, 2.05) is 18.2 Å². The Morgan fingerprint density at radius 1 is 1.28 bits per heavy atom. The van der Waals surface area contributed by atoms with Crippen LogP contribution in [0.5, 0.6) is 5.75 Å². The van der Waals surface area contributed by atoms with Crippen molar-refractivity contribution in [1.29, 1.82) is 0 Å². The zero-order valence-corrected chi connectivity index (χ0v) is 18.5. The van der Waals surface area contributed by atoms with Gasteiger partial charge in [0.15, 0.2) is 5.13 Å². The van der Waals surface area contributed by atoms with Crippen LogP contribution in [-0.2, 0) is 4.74 Å². The minimum atomic E-state index is -0.0603. The number of thiophene rings is 1. The number of aromatic nitrogens is 1. The Morgan fingerprint density at radius 3 is 2.83 bits per heavy atom. The van der Waals surface area contributed by atoms with Gasteiger partial charge in [-0.1, -0.05) is 22.9 Å². The number of carbonyl (C=O) groups is 1. The summed E-state index contributed by atoms with van der Waals surface area (Å²) in [6, 6.07) is 9.30. The van der Waals surface area contributed by atoms with Crippen molar-refractivity contribution < 1.29 is 14.3 Å². The lowest BCUT2D eigenvalue weighted by atomic mass is 10.3. The van der Waals surface area contributed by atoms with E-state index >= 15 is 0 Å². The molecule has 3 heterocycles. The standard InChI is InChI=1S/C20H22ClN3O3S2/c1-26-14-3-4-15-17(13-14)29-20(22-15)24(19(25)16-5-6-18(21)28-16)8-2-7-23-9-11-27-12-10-23/h3-6,13H,2,7-12H2,1H3. The van der Waals surface area contributed by atoms with Gasteiger partial charge in [-0.25, -0.2) is 4.98 Å². The summed E-state index contributed by atoms with van der Waals surface area (Å²) in [4.78, 5) is 22.7. The van der Waals surface area contributed by atoms with Gasteiger partial charge < -0.3 is 9.47 Å². The third-order valence-electron chi connectivity index (χ3n) is 4.80. The monoisotopic (exact) mass is 451 g/mol. The molecular formula is C20H22ClN3O3S2. The van der Waals surface area contributed by atoms with Gasteiger partial charge in [-0.2, -0.15) is 0 Å². The SMILES string of the molecule is COc1ccc2nc(N(CCCN3CCOCC3)C(=O)c3ccc(Cl)s3)sc2c1. The van der Waals surface area contributed by atoms with Crippen LogP contribution in [0.4, 0.5) is 5.13 Å². The Hall–Kier alpha value is -1.71. The molecule has 1 aromatic carbocycles. The van der Waals surface area contributed by atoms with Gasteiger partial charge in [0, 0.05) is 26.2 Å². The molecule has 1 saturated heterocycles. The fraction of sp³-hybridized carbons (Fsp3) is 0.400. The molecule has 0 spiro atoms. The number of rotatable bonds is 7. The first kappa shape index (κ1) is 20.6. The second-order valence-corrected chi connectivity index (χ2v) is 9.42. The van der Waals surface area contributed by atoms with Gasteiger partial charge in [0.1, 0.15) is 5.75 Å². The van der Waals surface area contributed by atoms with Crippen LogP contribution in [0.1, 0.15) is 16.1 Å². The predicted octanol–water partition coefficient (Wildman–Crippen LogP) is 4.39. The summed E-state index contributed by atoms with van der Waals surface area (Å²) in [5.74, 6) is 0.720. The molecule has 6 nitrogen and oxygen atoms in total. The number of fused-ring (bicyclic) bond motifs is 1. The lowest BCUT2D eigenvalue weighted by Gasteiger charge is -2.27. The number of halogens is 1. The van der Waals surface area contributed by atoms with Crippen LogP contribution in [0, 0.1) is 0 Å². The number of nitrogens with zero attached hydrogens (tertiary/aromatic N) is 3. The molecule has 29 heavy (non-hydrogen) atoms. The molecule has 1 fully saturated rings. The van der Waals surface area contributed by atoms with Crippen LogP contribution >= 0.6 is 34.3 Å². The molecule has 2 aromatic heterocycles. The van der Waals surface area contributed by atoms with E-state index in [4.69, 9.17) is 26.1 Å². The van der Waals surface area contributed by atoms with Crippen LogP contribution in [0.3, 0.4) is 0 Å². The van der Waals surface area contributed by atoms with Crippen LogP contribution in [0.25, 0.3) is 10.2 Å². The summed E-state index contributed by atoms with van der Waals surface area (Å²) in [5.41, 5.74) is 0.862. The number of hydrogen-bond donors (Lipinski definition) is 0. The van der Waals surface area contributed by atoms with Crippen LogP contribution in [0.2, 0.25) is 4.34 Å². The number of benzene rings is 1. The molecule has 0 bridgehead atoms. The minimum absolute atomic E-state index is 0.0603. The molecule has 9 heteroatoms.